The Morgan fingerprint density at radius 3 is 2.64 bits per heavy atom. The van der Waals surface area contributed by atoms with Gasteiger partial charge in [-0.15, -0.1) is 0 Å². The van der Waals surface area contributed by atoms with E-state index < -0.39 is 5.97 Å². The fraction of sp³-hybridized carbons (Fsp3) is 0. The number of hydrogen-bond donors (Lipinski definition) is 0. The number of nitrogens with zero attached hydrogens (tertiary/aromatic N) is 1. The van der Waals surface area contributed by atoms with Crippen LogP contribution in [0.5, 0.6) is 0 Å². The summed E-state index contributed by atoms with van der Waals surface area (Å²) in [6, 6.07) is 3.03. The molecule has 0 fully saturated rings. The van der Waals surface area contributed by atoms with Crippen molar-refractivity contribution in [3.8, 4) is 0 Å². The van der Waals surface area contributed by atoms with E-state index in [-0.39, 0.29) is 35.3 Å². The number of carbonyl (C=O) groups is 1. The van der Waals surface area contributed by atoms with Crippen LogP contribution in [0.2, 0.25) is 0 Å². The second kappa shape index (κ2) is 4.87. The van der Waals surface area contributed by atoms with Crippen molar-refractivity contribution in [2.75, 3.05) is 0 Å². The summed E-state index contributed by atoms with van der Waals surface area (Å²) >= 11 is 3.10. The minimum atomic E-state index is -1.26. The van der Waals surface area contributed by atoms with Crippen molar-refractivity contribution in [2.24, 2.45) is 0 Å². The van der Waals surface area contributed by atoms with Crippen LogP contribution in [0.25, 0.3) is 0 Å². The zero-order chi connectivity index (χ0) is 7.56. The molecule has 1 rings (SSSR count). The van der Waals surface area contributed by atoms with Crippen LogP contribution < -0.4 is 34.7 Å². The molecular formula is C6H3BrNNaO2. The first kappa shape index (κ1) is 11.1. The first-order valence-electron chi connectivity index (χ1n) is 2.53. The van der Waals surface area contributed by atoms with Crippen molar-refractivity contribution < 1.29 is 39.5 Å². The number of rotatable bonds is 1. The first-order valence-corrected chi connectivity index (χ1v) is 3.32. The monoisotopic (exact) mass is 223 g/mol. The van der Waals surface area contributed by atoms with Gasteiger partial charge in [0.1, 0.15) is 0 Å². The molecule has 11 heavy (non-hydrogen) atoms. The van der Waals surface area contributed by atoms with Crippen LogP contribution in [-0.2, 0) is 0 Å². The minimum Gasteiger partial charge on any atom is -0.543 e. The molecule has 1 aromatic rings. The zero-order valence-electron chi connectivity index (χ0n) is 5.87. The standard InChI is InChI=1S/C6H4BrNO2.Na/c7-4-1-2-8-5(3-4)6(9)10;/h1-3H,(H,9,10);/q;+1/p-1. The van der Waals surface area contributed by atoms with E-state index in [1.165, 1.54) is 12.3 Å². The van der Waals surface area contributed by atoms with E-state index >= 15 is 0 Å². The van der Waals surface area contributed by atoms with Gasteiger partial charge in [0.2, 0.25) is 0 Å². The first-order chi connectivity index (χ1) is 4.70. The summed E-state index contributed by atoms with van der Waals surface area (Å²) < 4.78 is 0.682. The molecule has 0 aromatic carbocycles. The largest absolute Gasteiger partial charge is 1.00 e. The molecular weight excluding hydrogens is 221 g/mol. The molecule has 52 valence electrons. The van der Waals surface area contributed by atoms with E-state index in [9.17, 15) is 9.90 Å². The van der Waals surface area contributed by atoms with Gasteiger partial charge in [0.05, 0.1) is 11.7 Å². The van der Waals surface area contributed by atoms with E-state index in [1.54, 1.807) is 6.07 Å². The minimum absolute atomic E-state index is 0. The molecule has 0 amide bonds. The van der Waals surface area contributed by atoms with Gasteiger partial charge in [-0.1, -0.05) is 15.9 Å². The van der Waals surface area contributed by atoms with Crippen LogP contribution in [-0.4, -0.2) is 11.0 Å². The van der Waals surface area contributed by atoms with Crippen molar-refractivity contribution in [2.45, 2.75) is 0 Å². The molecule has 0 aliphatic rings. The van der Waals surface area contributed by atoms with Crippen molar-refractivity contribution in [3.63, 3.8) is 0 Å². The maximum Gasteiger partial charge on any atom is 1.00 e. The molecule has 0 spiro atoms. The summed E-state index contributed by atoms with van der Waals surface area (Å²) in [6.07, 6.45) is 1.40. The summed E-state index contributed by atoms with van der Waals surface area (Å²) in [7, 11) is 0. The summed E-state index contributed by atoms with van der Waals surface area (Å²) in [5.74, 6) is -1.26. The quantitative estimate of drug-likeness (QED) is 0.484. The number of carboxylic acids is 1. The summed E-state index contributed by atoms with van der Waals surface area (Å²) in [6.45, 7) is 0. The van der Waals surface area contributed by atoms with Gasteiger partial charge < -0.3 is 9.90 Å². The van der Waals surface area contributed by atoms with Gasteiger partial charge in [0.15, 0.2) is 0 Å². The number of pyridine rings is 1. The van der Waals surface area contributed by atoms with Gasteiger partial charge >= 0.3 is 29.6 Å². The van der Waals surface area contributed by atoms with E-state index in [1.807, 2.05) is 0 Å². The Morgan fingerprint density at radius 1 is 1.64 bits per heavy atom. The second-order valence-electron chi connectivity index (χ2n) is 1.65. The molecule has 5 heteroatoms. The average molecular weight is 224 g/mol. The van der Waals surface area contributed by atoms with E-state index in [2.05, 4.69) is 20.9 Å². The maximum atomic E-state index is 10.2. The van der Waals surface area contributed by atoms with Gasteiger partial charge in [-0.2, -0.15) is 0 Å². The van der Waals surface area contributed by atoms with Gasteiger partial charge in [-0.05, 0) is 12.1 Å². The topological polar surface area (TPSA) is 53.0 Å². The fourth-order valence-corrected chi connectivity index (χ4v) is 0.851. The van der Waals surface area contributed by atoms with Gasteiger partial charge in [0.25, 0.3) is 0 Å². The summed E-state index contributed by atoms with van der Waals surface area (Å²) in [5.41, 5.74) is -0.0608. The Kier molecular flexibility index (Phi) is 4.92. The third kappa shape index (κ3) is 3.33. The van der Waals surface area contributed by atoms with E-state index in [0.717, 1.165) is 0 Å². The molecule has 3 nitrogen and oxygen atoms in total. The van der Waals surface area contributed by atoms with E-state index in [4.69, 9.17) is 0 Å². The number of carboxylic acid groups (broad SMARTS) is 1. The van der Waals surface area contributed by atoms with Crippen LogP contribution in [0, 0.1) is 0 Å². The molecule has 0 aliphatic carbocycles. The molecule has 0 bridgehead atoms. The molecule has 0 aliphatic heterocycles. The smallest absolute Gasteiger partial charge is 0.543 e. The Morgan fingerprint density at radius 2 is 2.27 bits per heavy atom. The van der Waals surface area contributed by atoms with Crippen LogP contribution in [0.15, 0.2) is 22.8 Å². The summed E-state index contributed by atoms with van der Waals surface area (Å²) in [5, 5.41) is 10.2. The van der Waals surface area contributed by atoms with Crippen LogP contribution in [0.1, 0.15) is 10.5 Å². The molecule has 1 heterocycles. The Bertz CT molecular complexity index is 267. The SMILES string of the molecule is O=C([O-])c1cc(Br)ccn1.[Na+]. The number of halogens is 1. The third-order valence-corrected chi connectivity index (χ3v) is 1.42. The number of carbonyl (C=O) groups excluding carboxylic acids is 1. The van der Waals surface area contributed by atoms with E-state index in [0.29, 0.717) is 4.47 Å². The number of aromatic carboxylic acids is 1. The van der Waals surface area contributed by atoms with Crippen molar-refractivity contribution >= 4 is 21.9 Å². The predicted molar refractivity (Wildman–Crippen MR) is 36.3 cm³/mol. The van der Waals surface area contributed by atoms with Gasteiger partial charge in [-0.25, -0.2) is 0 Å². The fourth-order valence-electron chi connectivity index (χ4n) is 0.516. The molecule has 0 saturated heterocycles. The Balaban J connectivity index is 0.000001000. The van der Waals surface area contributed by atoms with Crippen LogP contribution in [0.3, 0.4) is 0 Å². The molecule has 0 saturated carbocycles. The molecule has 0 N–H and O–H groups in total. The van der Waals surface area contributed by atoms with Crippen LogP contribution >= 0.6 is 15.9 Å². The molecule has 0 atom stereocenters. The van der Waals surface area contributed by atoms with Crippen molar-refractivity contribution in [1.82, 2.24) is 4.98 Å². The third-order valence-electron chi connectivity index (χ3n) is 0.931. The summed E-state index contributed by atoms with van der Waals surface area (Å²) in [4.78, 5) is 13.7. The predicted octanol–water partition coefficient (Wildman–Crippen LogP) is -2.79. The normalized spacial score (nSPS) is 8.45. The average Bonchev–Trinajstić information content (AvgIpc) is 1.88. The van der Waals surface area contributed by atoms with Crippen molar-refractivity contribution in [3.05, 3.63) is 28.5 Å². The van der Waals surface area contributed by atoms with Crippen LogP contribution in [0.4, 0.5) is 0 Å². The number of hydrogen-bond acceptors (Lipinski definition) is 3. The Labute approximate surface area is 94.3 Å². The maximum absolute atomic E-state index is 10.2. The number of aromatic nitrogens is 1. The zero-order valence-corrected chi connectivity index (χ0v) is 9.46. The molecule has 0 radical (unpaired) electrons. The van der Waals surface area contributed by atoms with Gasteiger partial charge in [-0.3, -0.25) is 4.98 Å². The Hall–Kier alpha value is 0.1000. The van der Waals surface area contributed by atoms with Crippen molar-refractivity contribution in [1.29, 1.82) is 0 Å². The molecule has 1 aromatic heterocycles. The van der Waals surface area contributed by atoms with Gasteiger partial charge in [0, 0.05) is 10.7 Å². The molecule has 0 unspecified atom stereocenters. The second-order valence-corrected chi connectivity index (χ2v) is 2.56.